The van der Waals surface area contributed by atoms with Crippen molar-refractivity contribution < 1.29 is 14.3 Å². The van der Waals surface area contributed by atoms with Gasteiger partial charge in [0.15, 0.2) is 0 Å². The maximum Gasteiger partial charge on any atom is 0.319 e. The van der Waals surface area contributed by atoms with E-state index >= 15 is 0 Å². The fourth-order valence-corrected chi connectivity index (χ4v) is 2.73. The highest BCUT2D eigenvalue weighted by Gasteiger charge is 2.29. The van der Waals surface area contributed by atoms with E-state index in [-0.39, 0.29) is 18.0 Å². The lowest BCUT2D eigenvalue weighted by molar-refractivity contribution is 0.0658. The zero-order valence-electron chi connectivity index (χ0n) is 13.7. The third-order valence-electron chi connectivity index (χ3n) is 4.17. The van der Waals surface area contributed by atoms with E-state index in [1.54, 1.807) is 49.4 Å². The van der Waals surface area contributed by atoms with Gasteiger partial charge in [0.1, 0.15) is 11.4 Å². The van der Waals surface area contributed by atoms with Gasteiger partial charge >= 0.3 is 6.03 Å². The second-order valence-corrected chi connectivity index (χ2v) is 5.68. The van der Waals surface area contributed by atoms with Gasteiger partial charge in [-0.25, -0.2) is 4.79 Å². The number of urea groups is 1. The first-order chi connectivity index (χ1) is 11.6. The Kier molecular flexibility index (Phi) is 4.41. The van der Waals surface area contributed by atoms with E-state index in [1.807, 2.05) is 16.8 Å². The number of likely N-dealkylation sites (N-methyl/N-ethyl adjacent to an activating group) is 1. The first-order valence-corrected chi connectivity index (χ1v) is 7.69. The van der Waals surface area contributed by atoms with E-state index in [2.05, 4.69) is 10.6 Å². The summed E-state index contributed by atoms with van der Waals surface area (Å²) in [6, 6.07) is 10.3. The van der Waals surface area contributed by atoms with Crippen molar-refractivity contribution in [1.82, 2.24) is 14.8 Å². The van der Waals surface area contributed by atoms with E-state index in [0.717, 1.165) is 5.75 Å². The molecule has 1 unspecified atom stereocenters. The molecule has 3 rings (SSSR count). The van der Waals surface area contributed by atoms with E-state index in [1.165, 1.54) is 0 Å². The number of rotatable bonds is 4. The van der Waals surface area contributed by atoms with Crippen molar-refractivity contribution in [2.75, 3.05) is 26.0 Å². The monoisotopic (exact) mass is 328 g/mol. The molecule has 0 saturated heterocycles. The molecule has 2 N–H and O–H groups in total. The molecule has 1 aromatic carbocycles. The Balaban J connectivity index is 1.55. The first kappa shape index (κ1) is 15.9. The first-order valence-electron chi connectivity index (χ1n) is 7.69. The van der Waals surface area contributed by atoms with Crippen LogP contribution in [0, 0.1) is 0 Å². The molecule has 0 radical (unpaired) electrons. The second kappa shape index (κ2) is 6.66. The van der Waals surface area contributed by atoms with Crippen LogP contribution in [0.2, 0.25) is 0 Å². The zero-order chi connectivity index (χ0) is 17.1. The van der Waals surface area contributed by atoms with Crippen LogP contribution in [-0.4, -0.2) is 48.1 Å². The minimum atomic E-state index is -0.306. The maximum atomic E-state index is 12.2. The lowest BCUT2D eigenvalue weighted by atomic mass is 10.2. The van der Waals surface area contributed by atoms with E-state index in [9.17, 15) is 9.59 Å². The number of carbonyl (C=O) groups excluding carboxylic acids is 2. The third-order valence-corrected chi connectivity index (χ3v) is 4.17. The summed E-state index contributed by atoms with van der Waals surface area (Å²) in [5, 5.41) is 5.57. The largest absolute Gasteiger partial charge is 0.497 e. The lowest BCUT2D eigenvalue weighted by Gasteiger charge is -2.33. The third kappa shape index (κ3) is 3.19. The summed E-state index contributed by atoms with van der Waals surface area (Å²) in [5.41, 5.74) is 1.35. The molecule has 0 fully saturated rings. The average Bonchev–Trinajstić information content (AvgIpc) is 3.06. The molecule has 7 nitrogen and oxygen atoms in total. The van der Waals surface area contributed by atoms with E-state index in [4.69, 9.17) is 4.74 Å². The summed E-state index contributed by atoms with van der Waals surface area (Å²) in [4.78, 5) is 25.9. The Morgan fingerprint density at radius 1 is 1.29 bits per heavy atom. The molecular weight excluding hydrogens is 308 g/mol. The molecule has 1 aliphatic rings. The normalized spacial score (nSPS) is 16.5. The lowest BCUT2D eigenvalue weighted by Crippen LogP contribution is -2.51. The summed E-state index contributed by atoms with van der Waals surface area (Å²) in [6.07, 6.45) is 1.88. The Morgan fingerprint density at radius 3 is 2.75 bits per heavy atom. The van der Waals surface area contributed by atoms with Crippen molar-refractivity contribution in [3.05, 3.63) is 48.3 Å². The molecule has 2 heterocycles. The molecule has 0 spiro atoms. The number of hydrogen-bond donors (Lipinski definition) is 2. The number of anilines is 1. The molecule has 2 aromatic rings. The fourth-order valence-electron chi connectivity index (χ4n) is 2.73. The molecule has 1 aliphatic heterocycles. The minimum absolute atomic E-state index is 0.0337. The topological polar surface area (TPSA) is 75.6 Å². The fraction of sp³-hybridized carbons (Fsp3) is 0.294. The van der Waals surface area contributed by atoms with Gasteiger partial charge in [-0.3, -0.25) is 4.79 Å². The highest BCUT2D eigenvalue weighted by molar-refractivity contribution is 5.93. The number of ether oxygens (including phenoxy) is 1. The van der Waals surface area contributed by atoms with E-state index < -0.39 is 0 Å². The number of nitrogens with zero attached hydrogens (tertiary/aromatic N) is 2. The van der Waals surface area contributed by atoms with Gasteiger partial charge in [0.05, 0.1) is 13.2 Å². The Bertz CT molecular complexity index is 739. The van der Waals surface area contributed by atoms with Gasteiger partial charge in [-0.2, -0.15) is 0 Å². The number of methoxy groups -OCH3 is 1. The van der Waals surface area contributed by atoms with Crippen LogP contribution >= 0.6 is 0 Å². The molecule has 7 heteroatoms. The molecule has 1 atom stereocenters. The van der Waals surface area contributed by atoms with Crippen LogP contribution in [0.1, 0.15) is 10.5 Å². The second-order valence-electron chi connectivity index (χ2n) is 5.68. The van der Waals surface area contributed by atoms with Gasteiger partial charge in [0.2, 0.25) is 0 Å². The standard InChI is InChI=1S/C17H20N4O3/c1-20-13(11-21-9-3-4-15(21)16(20)22)10-18-17(23)19-12-5-7-14(24-2)8-6-12/h3-9,13H,10-11H2,1-2H3,(H2,18,19,23). The summed E-state index contributed by atoms with van der Waals surface area (Å²) in [6.45, 7) is 1.04. The Labute approximate surface area is 140 Å². The van der Waals surface area contributed by atoms with Gasteiger partial charge in [0.25, 0.3) is 5.91 Å². The van der Waals surface area contributed by atoms with Gasteiger partial charge in [-0.1, -0.05) is 0 Å². The molecule has 1 aromatic heterocycles. The molecule has 24 heavy (non-hydrogen) atoms. The summed E-state index contributed by atoms with van der Waals surface area (Å²) >= 11 is 0. The molecule has 0 saturated carbocycles. The predicted molar refractivity (Wildman–Crippen MR) is 90.3 cm³/mol. The number of hydrogen-bond acceptors (Lipinski definition) is 3. The summed E-state index contributed by atoms with van der Waals surface area (Å²) in [5.74, 6) is 0.694. The van der Waals surface area contributed by atoms with Gasteiger partial charge in [0, 0.05) is 32.0 Å². The van der Waals surface area contributed by atoms with Crippen molar-refractivity contribution >= 4 is 17.6 Å². The number of amides is 3. The van der Waals surface area contributed by atoms with Gasteiger partial charge in [-0.15, -0.1) is 0 Å². The zero-order valence-corrected chi connectivity index (χ0v) is 13.7. The van der Waals surface area contributed by atoms with Crippen LogP contribution < -0.4 is 15.4 Å². The SMILES string of the molecule is COc1ccc(NC(=O)NCC2Cn3cccc3C(=O)N2C)cc1. The minimum Gasteiger partial charge on any atom is -0.497 e. The smallest absolute Gasteiger partial charge is 0.319 e. The predicted octanol–water partition coefficient (Wildman–Crippen LogP) is 1.77. The van der Waals surface area contributed by atoms with Crippen molar-refractivity contribution in [2.24, 2.45) is 0 Å². The van der Waals surface area contributed by atoms with Crippen LogP contribution in [0.25, 0.3) is 0 Å². The average molecular weight is 328 g/mol. The highest BCUT2D eigenvalue weighted by Crippen LogP contribution is 2.17. The van der Waals surface area contributed by atoms with Crippen LogP contribution in [0.3, 0.4) is 0 Å². The van der Waals surface area contributed by atoms with Crippen molar-refractivity contribution in [3.63, 3.8) is 0 Å². The Hall–Kier alpha value is -2.96. The van der Waals surface area contributed by atoms with Gasteiger partial charge in [-0.05, 0) is 36.4 Å². The van der Waals surface area contributed by atoms with Gasteiger partial charge < -0.3 is 24.8 Å². The molecule has 126 valence electrons. The summed E-state index contributed by atoms with van der Waals surface area (Å²) in [7, 11) is 3.35. The van der Waals surface area contributed by atoms with Crippen LogP contribution in [0.5, 0.6) is 5.75 Å². The number of fused-ring (bicyclic) bond motifs is 1. The molecule has 0 bridgehead atoms. The van der Waals surface area contributed by atoms with Crippen molar-refractivity contribution in [3.8, 4) is 5.75 Å². The van der Waals surface area contributed by atoms with Crippen LogP contribution in [-0.2, 0) is 6.54 Å². The highest BCUT2D eigenvalue weighted by atomic mass is 16.5. The van der Waals surface area contributed by atoms with Crippen LogP contribution in [0.4, 0.5) is 10.5 Å². The van der Waals surface area contributed by atoms with Crippen molar-refractivity contribution in [2.45, 2.75) is 12.6 Å². The molecule has 0 aliphatic carbocycles. The van der Waals surface area contributed by atoms with E-state index in [0.29, 0.717) is 24.5 Å². The number of aromatic nitrogens is 1. The maximum absolute atomic E-state index is 12.2. The number of nitrogens with one attached hydrogen (secondary N) is 2. The van der Waals surface area contributed by atoms with Crippen molar-refractivity contribution in [1.29, 1.82) is 0 Å². The quantitative estimate of drug-likeness (QED) is 0.898. The number of benzene rings is 1. The molecule has 3 amide bonds. The Morgan fingerprint density at radius 2 is 2.04 bits per heavy atom. The molecular formula is C17H20N4O3. The number of carbonyl (C=O) groups is 2. The summed E-state index contributed by atoms with van der Waals surface area (Å²) < 4.78 is 6.99. The van der Waals surface area contributed by atoms with Crippen LogP contribution in [0.15, 0.2) is 42.6 Å².